The Kier molecular flexibility index (Phi) is 3.55. The van der Waals surface area contributed by atoms with Gasteiger partial charge in [-0.1, -0.05) is 30.3 Å². The Morgan fingerprint density at radius 3 is 2.53 bits per heavy atom. The largest absolute Gasteiger partial charge is 0.493 e. The van der Waals surface area contributed by atoms with Gasteiger partial charge in [-0.25, -0.2) is 0 Å². The van der Waals surface area contributed by atoms with Crippen molar-refractivity contribution in [2.45, 2.75) is 6.92 Å². The summed E-state index contributed by atoms with van der Waals surface area (Å²) in [5.74, 6) is 0.810. The number of rotatable bonds is 4. The van der Waals surface area contributed by atoms with E-state index in [-0.39, 0.29) is 0 Å². The molecule has 0 saturated carbocycles. The van der Waals surface area contributed by atoms with Crippen LogP contribution in [0.4, 0.5) is 0 Å². The summed E-state index contributed by atoms with van der Waals surface area (Å²) in [6.45, 7) is 2.56. The number of carbonyl (C=O) groups is 1. The maximum absolute atomic E-state index is 10.8. The second-order valence-corrected chi connectivity index (χ2v) is 3.67. The van der Waals surface area contributed by atoms with Crippen LogP contribution in [0.2, 0.25) is 0 Å². The Hall–Kier alpha value is -2.09. The first-order valence-corrected chi connectivity index (χ1v) is 5.62. The average Bonchev–Trinajstić information content (AvgIpc) is 2.40. The minimum absolute atomic E-state index is 0.611. The maximum atomic E-state index is 10.8. The molecule has 0 amide bonds. The SMILES string of the molecule is CCOc1ccc(C=O)cc1-c1ccccc1. The zero-order valence-corrected chi connectivity index (χ0v) is 9.72. The summed E-state index contributed by atoms with van der Waals surface area (Å²) in [6.07, 6.45) is 0.849. The molecule has 0 aliphatic heterocycles. The molecule has 0 N–H and O–H groups in total. The molecule has 17 heavy (non-hydrogen) atoms. The molecule has 2 aromatic carbocycles. The molecule has 0 radical (unpaired) electrons. The van der Waals surface area contributed by atoms with E-state index < -0.39 is 0 Å². The second-order valence-electron chi connectivity index (χ2n) is 3.67. The lowest BCUT2D eigenvalue weighted by atomic mass is 10.0. The predicted octanol–water partition coefficient (Wildman–Crippen LogP) is 3.56. The number of hydrogen-bond acceptors (Lipinski definition) is 2. The zero-order chi connectivity index (χ0) is 12.1. The summed E-state index contributed by atoms with van der Waals surface area (Å²) in [6, 6.07) is 15.4. The van der Waals surface area contributed by atoms with Crippen molar-refractivity contribution < 1.29 is 9.53 Å². The molecule has 2 heteroatoms. The van der Waals surface area contributed by atoms with Crippen molar-refractivity contribution >= 4 is 6.29 Å². The molecule has 0 aromatic heterocycles. The normalized spacial score (nSPS) is 9.94. The van der Waals surface area contributed by atoms with Gasteiger partial charge in [0.05, 0.1) is 6.61 Å². The molecule has 0 heterocycles. The molecule has 0 unspecified atom stereocenters. The molecule has 0 fully saturated rings. The molecule has 0 spiro atoms. The third-order valence-corrected chi connectivity index (χ3v) is 2.52. The monoisotopic (exact) mass is 226 g/mol. The lowest BCUT2D eigenvalue weighted by Gasteiger charge is -2.10. The van der Waals surface area contributed by atoms with Crippen LogP contribution in [0.1, 0.15) is 17.3 Å². The Labute approximate surface area is 101 Å². The van der Waals surface area contributed by atoms with Crippen LogP contribution in [0.15, 0.2) is 48.5 Å². The second kappa shape index (κ2) is 5.30. The van der Waals surface area contributed by atoms with Crippen LogP contribution in [0, 0.1) is 0 Å². The summed E-state index contributed by atoms with van der Waals surface area (Å²) in [5.41, 5.74) is 2.67. The van der Waals surface area contributed by atoms with E-state index in [4.69, 9.17) is 4.74 Å². The van der Waals surface area contributed by atoms with E-state index in [1.165, 1.54) is 0 Å². The molecule has 0 bridgehead atoms. The maximum Gasteiger partial charge on any atom is 0.150 e. The van der Waals surface area contributed by atoms with Gasteiger partial charge in [0.25, 0.3) is 0 Å². The number of aldehydes is 1. The predicted molar refractivity (Wildman–Crippen MR) is 68.4 cm³/mol. The third kappa shape index (κ3) is 2.53. The Bertz CT molecular complexity index is 504. The highest BCUT2D eigenvalue weighted by atomic mass is 16.5. The van der Waals surface area contributed by atoms with E-state index in [9.17, 15) is 4.79 Å². The molecule has 0 aliphatic rings. The van der Waals surface area contributed by atoms with Crippen LogP contribution >= 0.6 is 0 Å². The van der Waals surface area contributed by atoms with Crippen molar-refractivity contribution in [3.8, 4) is 16.9 Å². The first kappa shape index (κ1) is 11.4. The van der Waals surface area contributed by atoms with Crippen LogP contribution in [0.5, 0.6) is 5.75 Å². The van der Waals surface area contributed by atoms with E-state index in [1.54, 1.807) is 6.07 Å². The van der Waals surface area contributed by atoms with Gasteiger partial charge in [0.2, 0.25) is 0 Å². The number of ether oxygens (including phenoxy) is 1. The van der Waals surface area contributed by atoms with Gasteiger partial charge in [0.1, 0.15) is 12.0 Å². The van der Waals surface area contributed by atoms with Gasteiger partial charge in [0, 0.05) is 11.1 Å². The van der Waals surface area contributed by atoms with Crippen LogP contribution in [-0.2, 0) is 0 Å². The van der Waals surface area contributed by atoms with Gasteiger partial charge < -0.3 is 4.74 Å². The molecule has 2 aromatic rings. The van der Waals surface area contributed by atoms with E-state index in [0.717, 1.165) is 23.2 Å². The van der Waals surface area contributed by atoms with Crippen molar-refractivity contribution in [1.29, 1.82) is 0 Å². The quantitative estimate of drug-likeness (QED) is 0.745. The first-order valence-electron chi connectivity index (χ1n) is 5.62. The molecular weight excluding hydrogens is 212 g/mol. The molecule has 2 nitrogen and oxygen atoms in total. The molecule has 86 valence electrons. The van der Waals surface area contributed by atoms with Gasteiger partial charge in [-0.2, -0.15) is 0 Å². The van der Waals surface area contributed by atoms with Gasteiger partial charge in [-0.3, -0.25) is 4.79 Å². The van der Waals surface area contributed by atoms with E-state index in [0.29, 0.717) is 12.2 Å². The van der Waals surface area contributed by atoms with Crippen LogP contribution < -0.4 is 4.74 Å². The van der Waals surface area contributed by atoms with Crippen LogP contribution in [-0.4, -0.2) is 12.9 Å². The number of hydrogen-bond donors (Lipinski definition) is 0. The fourth-order valence-corrected chi connectivity index (χ4v) is 1.75. The average molecular weight is 226 g/mol. The molecule has 2 rings (SSSR count). The Morgan fingerprint density at radius 1 is 1.12 bits per heavy atom. The van der Waals surface area contributed by atoms with Gasteiger partial charge in [-0.05, 0) is 30.7 Å². The van der Waals surface area contributed by atoms with Gasteiger partial charge in [0.15, 0.2) is 0 Å². The highest BCUT2D eigenvalue weighted by Gasteiger charge is 2.06. The number of carbonyl (C=O) groups excluding carboxylic acids is 1. The molecular formula is C15H14O2. The Morgan fingerprint density at radius 2 is 1.88 bits per heavy atom. The Balaban J connectivity index is 2.52. The minimum Gasteiger partial charge on any atom is -0.493 e. The van der Waals surface area contributed by atoms with Crippen molar-refractivity contribution in [2.75, 3.05) is 6.61 Å². The number of benzene rings is 2. The first-order chi connectivity index (χ1) is 8.35. The van der Waals surface area contributed by atoms with Crippen molar-refractivity contribution in [3.63, 3.8) is 0 Å². The lowest BCUT2D eigenvalue weighted by Crippen LogP contribution is -1.95. The van der Waals surface area contributed by atoms with Crippen molar-refractivity contribution in [3.05, 3.63) is 54.1 Å². The van der Waals surface area contributed by atoms with Gasteiger partial charge >= 0.3 is 0 Å². The smallest absolute Gasteiger partial charge is 0.150 e. The van der Waals surface area contributed by atoms with E-state index in [2.05, 4.69) is 0 Å². The molecule has 0 aliphatic carbocycles. The fourth-order valence-electron chi connectivity index (χ4n) is 1.75. The highest BCUT2D eigenvalue weighted by Crippen LogP contribution is 2.30. The van der Waals surface area contributed by atoms with Crippen molar-refractivity contribution in [2.24, 2.45) is 0 Å². The molecule has 0 saturated heterocycles. The highest BCUT2D eigenvalue weighted by molar-refractivity contribution is 5.81. The van der Waals surface area contributed by atoms with Gasteiger partial charge in [-0.15, -0.1) is 0 Å². The van der Waals surface area contributed by atoms with Crippen LogP contribution in [0.3, 0.4) is 0 Å². The molecule has 0 atom stereocenters. The fraction of sp³-hybridized carbons (Fsp3) is 0.133. The standard InChI is InChI=1S/C15H14O2/c1-2-17-15-9-8-12(11-16)10-14(15)13-6-4-3-5-7-13/h3-11H,2H2,1H3. The van der Waals surface area contributed by atoms with E-state index in [1.807, 2.05) is 49.4 Å². The lowest BCUT2D eigenvalue weighted by molar-refractivity contribution is 0.112. The minimum atomic E-state index is 0.611. The summed E-state index contributed by atoms with van der Waals surface area (Å²) in [7, 11) is 0. The summed E-state index contributed by atoms with van der Waals surface area (Å²) >= 11 is 0. The summed E-state index contributed by atoms with van der Waals surface area (Å²) in [4.78, 5) is 10.8. The van der Waals surface area contributed by atoms with Crippen molar-refractivity contribution in [1.82, 2.24) is 0 Å². The summed E-state index contributed by atoms with van der Waals surface area (Å²) < 4.78 is 5.57. The summed E-state index contributed by atoms with van der Waals surface area (Å²) in [5, 5.41) is 0. The third-order valence-electron chi connectivity index (χ3n) is 2.52. The topological polar surface area (TPSA) is 26.3 Å². The zero-order valence-electron chi connectivity index (χ0n) is 9.72. The van der Waals surface area contributed by atoms with E-state index >= 15 is 0 Å². The van der Waals surface area contributed by atoms with Crippen LogP contribution in [0.25, 0.3) is 11.1 Å².